The number of aromatic nitrogens is 1. The van der Waals surface area contributed by atoms with Gasteiger partial charge in [0.1, 0.15) is 11.5 Å². The first-order chi connectivity index (χ1) is 10.6. The second-order valence-electron chi connectivity index (χ2n) is 5.79. The minimum Gasteiger partial charge on any atom is -0.507 e. The maximum absolute atomic E-state index is 12.3. The summed E-state index contributed by atoms with van der Waals surface area (Å²) in [6, 6.07) is 3.67. The number of aromatic hydroxyl groups is 1. The van der Waals surface area contributed by atoms with Crippen LogP contribution in [0, 0.1) is 13.8 Å². The third kappa shape index (κ3) is 2.58. The van der Waals surface area contributed by atoms with Crippen LogP contribution in [0.2, 0.25) is 0 Å². The summed E-state index contributed by atoms with van der Waals surface area (Å²) in [5.74, 6) is 0.562. The van der Waals surface area contributed by atoms with Gasteiger partial charge in [0, 0.05) is 12.1 Å². The van der Waals surface area contributed by atoms with Crippen LogP contribution < -0.4 is 5.32 Å². The fourth-order valence-electron chi connectivity index (χ4n) is 3.01. The molecule has 0 saturated carbocycles. The number of fused-ring (bicyclic) bond motifs is 1. The lowest BCUT2D eigenvalue weighted by molar-refractivity contribution is 0.0948. The van der Waals surface area contributed by atoms with E-state index in [9.17, 15) is 9.90 Å². The predicted octanol–water partition coefficient (Wildman–Crippen LogP) is 2.81. The molecule has 0 fully saturated rings. The van der Waals surface area contributed by atoms with E-state index in [0.29, 0.717) is 17.9 Å². The van der Waals surface area contributed by atoms with Gasteiger partial charge >= 0.3 is 0 Å². The molecule has 1 aromatic heterocycles. The summed E-state index contributed by atoms with van der Waals surface area (Å²) in [4.78, 5) is 12.3. The molecule has 1 aliphatic rings. The van der Waals surface area contributed by atoms with Gasteiger partial charge in [0.05, 0.1) is 11.3 Å². The molecule has 2 N–H and O–H groups in total. The van der Waals surface area contributed by atoms with E-state index in [0.717, 1.165) is 48.1 Å². The normalized spacial score (nSPS) is 13.7. The molecule has 0 unspecified atom stereocenters. The van der Waals surface area contributed by atoms with Crippen LogP contribution in [-0.4, -0.2) is 16.2 Å². The van der Waals surface area contributed by atoms with Crippen molar-refractivity contribution in [2.24, 2.45) is 0 Å². The lowest BCUT2D eigenvalue weighted by atomic mass is 9.89. The number of nitrogens with one attached hydrogen (secondary N) is 1. The minimum atomic E-state index is -0.272. The van der Waals surface area contributed by atoms with E-state index in [-0.39, 0.29) is 11.7 Å². The molecule has 0 saturated heterocycles. The molecule has 0 radical (unpaired) electrons. The molecule has 116 valence electrons. The molecule has 5 nitrogen and oxygen atoms in total. The summed E-state index contributed by atoms with van der Waals surface area (Å²) < 4.78 is 5.08. The van der Waals surface area contributed by atoms with Crippen molar-refractivity contribution in [3.8, 4) is 5.75 Å². The topological polar surface area (TPSA) is 75.4 Å². The maximum atomic E-state index is 12.3. The van der Waals surface area contributed by atoms with E-state index >= 15 is 0 Å². The lowest BCUT2D eigenvalue weighted by Gasteiger charge is -2.18. The summed E-state index contributed by atoms with van der Waals surface area (Å²) >= 11 is 0. The average molecular weight is 300 g/mol. The zero-order valence-corrected chi connectivity index (χ0v) is 12.9. The summed E-state index contributed by atoms with van der Waals surface area (Å²) in [7, 11) is 0. The van der Waals surface area contributed by atoms with Crippen molar-refractivity contribution in [2.45, 2.75) is 46.1 Å². The Morgan fingerprint density at radius 1 is 1.32 bits per heavy atom. The molecule has 0 atom stereocenters. The number of benzene rings is 1. The van der Waals surface area contributed by atoms with Gasteiger partial charge in [-0.2, -0.15) is 0 Å². The van der Waals surface area contributed by atoms with E-state index < -0.39 is 0 Å². The molecule has 2 aromatic rings. The van der Waals surface area contributed by atoms with Crippen molar-refractivity contribution in [3.63, 3.8) is 0 Å². The summed E-state index contributed by atoms with van der Waals surface area (Å²) in [6.45, 7) is 4.00. The van der Waals surface area contributed by atoms with Gasteiger partial charge in [-0.25, -0.2) is 0 Å². The van der Waals surface area contributed by atoms with Gasteiger partial charge < -0.3 is 14.9 Å². The fourth-order valence-corrected chi connectivity index (χ4v) is 3.01. The highest BCUT2D eigenvalue weighted by Crippen LogP contribution is 2.32. The number of phenolic OH excluding ortho intramolecular Hbond substituents is 1. The number of carbonyl (C=O) groups is 1. The van der Waals surface area contributed by atoms with Crippen LogP contribution in [0.1, 0.15) is 51.3 Å². The Balaban J connectivity index is 1.78. The first-order valence-corrected chi connectivity index (χ1v) is 7.61. The van der Waals surface area contributed by atoms with Crippen LogP contribution in [-0.2, 0) is 19.4 Å². The number of hydrogen-bond donors (Lipinski definition) is 2. The lowest BCUT2D eigenvalue weighted by Crippen LogP contribution is -2.24. The second kappa shape index (κ2) is 5.83. The molecule has 1 heterocycles. The van der Waals surface area contributed by atoms with E-state index in [2.05, 4.69) is 10.5 Å². The number of nitrogens with zero attached hydrogens (tertiary/aromatic N) is 1. The number of carbonyl (C=O) groups excluding carboxylic acids is 1. The van der Waals surface area contributed by atoms with Gasteiger partial charge in [-0.15, -0.1) is 0 Å². The number of amides is 1. The molecular formula is C17H20N2O3. The first kappa shape index (κ1) is 14.6. The highest BCUT2D eigenvalue weighted by Gasteiger charge is 2.20. The van der Waals surface area contributed by atoms with Crippen LogP contribution in [0.4, 0.5) is 0 Å². The molecular weight excluding hydrogens is 280 g/mol. The SMILES string of the molecule is Cc1noc(C)c1CNC(=O)c1ccc2c(c1O)CCCC2. The Kier molecular flexibility index (Phi) is 3.88. The monoisotopic (exact) mass is 300 g/mol. The van der Waals surface area contributed by atoms with Crippen LogP contribution >= 0.6 is 0 Å². The van der Waals surface area contributed by atoms with Gasteiger partial charge in [0.15, 0.2) is 0 Å². The smallest absolute Gasteiger partial charge is 0.255 e. The third-order valence-electron chi connectivity index (χ3n) is 4.35. The highest BCUT2D eigenvalue weighted by molar-refractivity contribution is 5.97. The zero-order chi connectivity index (χ0) is 15.7. The number of hydrogen-bond acceptors (Lipinski definition) is 4. The van der Waals surface area contributed by atoms with Crippen molar-refractivity contribution in [3.05, 3.63) is 45.8 Å². The Hall–Kier alpha value is -2.30. The quantitative estimate of drug-likeness (QED) is 0.914. The largest absolute Gasteiger partial charge is 0.507 e. The highest BCUT2D eigenvalue weighted by atomic mass is 16.5. The van der Waals surface area contributed by atoms with Crippen LogP contribution in [0.25, 0.3) is 0 Å². The zero-order valence-electron chi connectivity index (χ0n) is 12.9. The van der Waals surface area contributed by atoms with E-state index in [1.165, 1.54) is 0 Å². The van der Waals surface area contributed by atoms with Crippen LogP contribution in [0.3, 0.4) is 0 Å². The fraction of sp³-hybridized carbons (Fsp3) is 0.412. The Bertz CT molecular complexity index is 699. The third-order valence-corrected chi connectivity index (χ3v) is 4.35. The molecule has 1 aromatic carbocycles. The number of aryl methyl sites for hydroxylation is 3. The van der Waals surface area contributed by atoms with Crippen molar-refractivity contribution in [1.82, 2.24) is 10.5 Å². The Morgan fingerprint density at radius 2 is 2.09 bits per heavy atom. The predicted molar refractivity (Wildman–Crippen MR) is 81.9 cm³/mol. The van der Waals surface area contributed by atoms with E-state index in [1.807, 2.05) is 19.9 Å². The van der Waals surface area contributed by atoms with Crippen LogP contribution in [0.15, 0.2) is 16.7 Å². The summed E-state index contributed by atoms with van der Waals surface area (Å²) in [6.07, 6.45) is 4.02. The van der Waals surface area contributed by atoms with Gasteiger partial charge in [0.2, 0.25) is 0 Å². The van der Waals surface area contributed by atoms with E-state index in [4.69, 9.17) is 4.52 Å². The standard InChI is InChI=1S/C17H20N2O3/c1-10-15(11(2)22-19-10)9-18-17(21)14-8-7-12-5-3-4-6-13(12)16(14)20/h7-8,20H,3-6,9H2,1-2H3,(H,18,21). The molecule has 0 spiro atoms. The average Bonchev–Trinajstić information content (AvgIpc) is 2.84. The minimum absolute atomic E-state index is 0.133. The Morgan fingerprint density at radius 3 is 2.82 bits per heavy atom. The molecule has 1 aliphatic carbocycles. The molecule has 0 aliphatic heterocycles. The first-order valence-electron chi connectivity index (χ1n) is 7.61. The van der Waals surface area contributed by atoms with Gasteiger partial charge in [-0.1, -0.05) is 11.2 Å². The van der Waals surface area contributed by atoms with Crippen LogP contribution in [0.5, 0.6) is 5.75 Å². The van der Waals surface area contributed by atoms with Crippen molar-refractivity contribution in [2.75, 3.05) is 0 Å². The number of rotatable bonds is 3. The summed E-state index contributed by atoms with van der Waals surface area (Å²) in [5, 5.41) is 17.1. The molecule has 3 rings (SSSR count). The van der Waals surface area contributed by atoms with Gasteiger partial charge in [0.25, 0.3) is 5.91 Å². The molecule has 0 bridgehead atoms. The van der Waals surface area contributed by atoms with E-state index in [1.54, 1.807) is 6.07 Å². The van der Waals surface area contributed by atoms with Crippen molar-refractivity contribution < 1.29 is 14.4 Å². The van der Waals surface area contributed by atoms with Gasteiger partial charge in [-0.05, 0) is 56.7 Å². The van der Waals surface area contributed by atoms with Gasteiger partial charge in [-0.3, -0.25) is 4.79 Å². The van der Waals surface area contributed by atoms with Crippen molar-refractivity contribution >= 4 is 5.91 Å². The van der Waals surface area contributed by atoms with Crippen molar-refractivity contribution in [1.29, 1.82) is 0 Å². The molecule has 1 amide bonds. The number of phenols is 1. The molecule has 22 heavy (non-hydrogen) atoms. The maximum Gasteiger partial charge on any atom is 0.255 e. The second-order valence-corrected chi connectivity index (χ2v) is 5.79. The Labute approximate surface area is 129 Å². The molecule has 5 heteroatoms. The summed E-state index contributed by atoms with van der Waals surface area (Å²) in [5.41, 5.74) is 4.08.